The normalized spacial score (nSPS) is 11.7. The zero-order valence-corrected chi connectivity index (χ0v) is 12.6. The van der Waals surface area contributed by atoms with Gasteiger partial charge in [0.2, 0.25) is 20.7 Å². The first-order chi connectivity index (χ1) is 9.87. The lowest BCUT2D eigenvalue weighted by atomic mass is 10.3. The van der Waals surface area contributed by atoms with Crippen LogP contribution in [-0.2, 0) is 28.6 Å². The third-order valence-corrected chi connectivity index (χ3v) is 4.52. The van der Waals surface area contributed by atoms with Crippen molar-refractivity contribution < 1.29 is 22.7 Å². The summed E-state index contributed by atoms with van der Waals surface area (Å²) < 4.78 is 31.0. The molecule has 2 rings (SSSR count). The minimum absolute atomic E-state index is 0.277. The molecule has 0 spiro atoms. The van der Waals surface area contributed by atoms with Crippen molar-refractivity contribution in [3.63, 3.8) is 0 Å². The second-order valence-electron chi connectivity index (χ2n) is 4.48. The van der Waals surface area contributed by atoms with E-state index in [9.17, 15) is 13.2 Å². The van der Waals surface area contributed by atoms with Gasteiger partial charge in [-0.1, -0.05) is 6.92 Å². The highest BCUT2D eigenvalue weighted by molar-refractivity contribution is 7.90. The van der Waals surface area contributed by atoms with Gasteiger partial charge in [-0.05, 0) is 31.5 Å². The Morgan fingerprint density at radius 2 is 2.10 bits per heavy atom. The third-order valence-electron chi connectivity index (χ3n) is 3.01. The van der Waals surface area contributed by atoms with E-state index in [2.05, 4.69) is 5.10 Å². The van der Waals surface area contributed by atoms with Crippen molar-refractivity contribution in [2.45, 2.75) is 37.7 Å². The van der Waals surface area contributed by atoms with Gasteiger partial charge >= 0.3 is 5.97 Å². The number of aryl methyl sites for hydroxylation is 2. The van der Waals surface area contributed by atoms with Crippen molar-refractivity contribution in [3.05, 3.63) is 35.3 Å². The maximum absolute atomic E-state index is 12.3. The quantitative estimate of drug-likeness (QED) is 0.871. The number of furan rings is 1. The predicted molar refractivity (Wildman–Crippen MR) is 73.8 cm³/mol. The second kappa shape index (κ2) is 5.72. The van der Waals surface area contributed by atoms with Crippen molar-refractivity contribution in [2.75, 3.05) is 0 Å². The Hall–Kier alpha value is -2.09. The monoisotopic (exact) mass is 312 g/mol. The third kappa shape index (κ3) is 3.15. The Morgan fingerprint density at radius 3 is 2.62 bits per heavy atom. The lowest BCUT2D eigenvalue weighted by Gasteiger charge is -2.04. The number of aromatic carboxylic acids is 1. The molecule has 0 amide bonds. The molecule has 2 aromatic rings. The maximum Gasteiger partial charge on any atom is 0.371 e. The number of carbonyl (C=O) groups is 1. The van der Waals surface area contributed by atoms with Crippen LogP contribution in [-0.4, -0.2) is 29.3 Å². The van der Waals surface area contributed by atoms with E-state index < -0.39 is 21.6 Å². The van der Waals surface area contributed by atoms with Crippen molar-refractivity contribution in [2.24, 2.45) is 0 Å². The van der Waals surface area contributed by atoms with E-state index in [1.807, 2.05) is 13.8 Å². The van der Waals surface area contributed by atoms with Gasteiger partial charge in [-0.3, -0.25) is 4.68 Å². The number of hydrogen-bond acceptors (Lipinski definition) is 5. The van der Waals surface area contributed by atoms with E-state index in [-0.39, 0.29) is 10.8 Å². The molecule has 0 bridgehead atoms. The zero-order valence-electron chi connectivity index (χ0n) is 11.7. The molecular weight excluding hydrogens is 296 g/mol. The zero-order chi connectivity index (χ0) is 15.6. The summed E-state index contributed by atoms with van der Waals surface area (Å²) in [5, 5.41) is 12.7. The molecule has 0 aliphatic rings. The molecule has 0 aliphatic heterocycles. The van der Waals surface area contributed by atoms with Gasteiger partial charge in [-0.15, -0.1) is 0 Å². The Kier molecular flexibility index (Phi) is 4.17. The second-order valence-corrected chi connectivity index (χ2v) is 6.40. The van der Waals surface area contributed by atoms with E-state index in [4.69, 9.17) is 9.52 Å². The van der Waals surface area contributed by atoms with Gasteiger partial charge in [-0.2, -0.15) is 5.10 Å². The van der Waals surface area contributed by atoms with Gasteiger partial charge in [-0.25, -0.2) is 13.2 Å². The molecule has 0 saturated carbocycles. The molecule has 7 nitrogen and oxygen atoms in total. The predicted octanol–water partition coefficient (Wildman–Crippen LogP) is 1.73. The fourth-order valence-electron chi connectivity index (χ4n) is 1.95. The molecule has 0 saturated heterocycles. The molecule has 0 unspecified atom stereocenters. The molecule has 1 N–H and O–H groups in total. The number of rotatable bonds is 6. The van der Waals surface area contributed by atoms with Gasteiger partial charge in [0.05, 0.1) is 17.1 Å². The molecular formula is C13H16N2O5S. The molecule has 0 atom stereocenters. The summed E-state index contributed by atoms with van der Waals surface area (Å²) in [5.41, 5.74) is 1.37. The summed E-state index contributed by atoms with van der Waals surface area (Å²) in [4.78, 5) is 10.7. The Labute approximate surface area is 122 Å². The summed E-state index contributed by atoms with van der Waals surface area (Å²) in [7, 11) is -3.74. The van der Waals surface area contributed by atoms with E-state index >= 15 is 0 Å². The van der Waals surface area contributed by atoms with Crippen molar-refractivity contribution in [1.82, 2.24) is 9.78 Å². The van der Waals surface area contributed by atoms with Crippen molar-refractivity contribution in [1.29, 1.82) is 0 Å². The highest BCUT2D eigenvalue weighted by atomic mass is 32.2. The summed E-state index contributed by atoms with van der Waals surface area (Å²) in [6.45, 7) is 4.37. The first kappa shape index (κ1) is 15.3. The Bertz CT molecular complexity index is 757. The van der Waals surface area contributed by atoms with Crippen LogP contribution in [0.25, 0.3) is 0 Å². The lowest BCUT2D eigenvalue weighted by molar-refractivity contribution is 0.0656. The molecule has 114 valence electrons. The average molecular weight is 312 g/mol. The van der Waals surface area contributed by atoms with Crippen LogP contribution in [0, 0.1) is 0 Å². The summed E-state index contributed by atoms with van der Waals surface area (Å²) in [5.74, 6) is -1.98. The summed E-state index contributed by atoms with van der Waals surface area (Å²) in [6, 6.07) is 4.03. The topological polar surface area (TPSA) is 102 Å². The molecule has 8 heteroatoms. The fraction of sp³-hybridized carbons (Fsp3) is 0.385. The van der Waals surface area contributed by atoms with Crippen LogP contribution >= 0.6 is 0 Å². The number of carboxylic acid groups (broad SMARTS) is 1. The van der Waals surface area contributed by atoms with Crippen LogP contribution in [0.15, 0.2) is 27.7 Å². The average Bonchev–Trinajstić information content (AvgIpc) is 3.04. The number of nitrogens with zero attached hydrogens (tertiary/aromatic N) is 2. The highest BCUT2D eigenvalue weighted by Crippen LogP contribution is 2.20. The fourth-order valence-corrected chi connectivity index (χ4v) is 3.20. The van der Waals surface area contributed by atoms with E-state index in [0.717, 1.165) is 17.8 Å². The van der Waals surface area contributed by atoms with Crippen molar-refractivity contribution in [3.8, 4) is 0 Å². The van der Waals surface area contributed by atoms with Crippen LogP contribution in [0.3, 0.4) is 0 Å². The number of carboxylic acids is 1. The van der Waals surface area contributed by atoms with E-state index in [0.29, 0.717) is 18.7 Å². The SMILES string of the molecule is CCc1cc(CS(=O)(=O)c2ccc(C(=O)O)o2)n(CC)n1. The van der Waals surface area contributed by atoms with Gasteiger partial charge in [0.25, 0.3) is 0 Å². The number of sulfone groups is 1. The molecule has 0 aromatic carbocycles. The molecule has 21 heavy (non-hydrogen) atoms. The molecule has 0 fully saturated rings. The van der Waals surface area contributed by atoms with Crippen molar-refractivity contribution >= 4 is 15.8 Å². The first-order valence-corrected chi connectivity index (χ1v) is 8.14. The maximum atomic E-state index is 12.3. The first-order valence-electron chi connectivity index (χ1n) is 6.48. The van der Waals surface area contributed by atoms with Gasteiger partial charge in [0, 0.05) is 6.54 Å². The standard InChI is InChI=1S/C13H16N2O5S/c1-3-9-7-10(15(4-2)14-9)8-21(18,19)12-6-5-11(20-12)13(16)17/h5-7H,3-4,8H2,1-2H3,(H,16,17). The van der Waals surface area contributed by atoms with Crippen LogP contribution in [0.4, 0.5) is 0 Å². The number of hydrogen-bond donors (Lipinski definition) is 1. The lowest BCUT2D eigenvalue weighted by Crippen LogP contribution is -2.10. The van der Waals surface area contributed by atoms with E-state index in [1.54, 1.807) is 10.7 Å². The molecule has 2 aromatic heterocycles. The Morgan fingerprint density at radius 1 is 1.38 bits per heavy atom. The molecule has 0 radical (unpaired) electrons. The van der Waals surface area contributed by atoms with Gasteiger partial charge in [0.1, 0.15) is 0 Å². The minimum atomic E-state index is -3.74. The number of aromatic nitrogens is 2. The van der Waals surface area contributed by atoms with Crippen LogP contribution < -0.4 is 0 Å². The smallest absolute Gasteiger partial charge is 0.371 e. The molecule has 0 aliphatic carbocycles. The minimum Gasteiger partial charge on any atom is -0.475 e. The largest absolute Gasteiger partial charge is 0.475 e. The van der Waals surface area contributed by atoms with E-state index in [1.165, 1.54) is 0 Å². The van der Waals surface area contributed by atoms with Gasteiger partial charge < -0.3 is 9.52 Å². The van der Waals surface area contributed by atoms with Gasteiger partial charge in [0.15, 0.2) is 0 Å². The highest BCUT2D eigenvalue weighted by Gasteiger charge is 2.23. The van der Waals surface area contributed by atoms with Crippen LogP contribution in [0.2, 0.25) is 0 Å². The summed E-state index contributed by atoms with van der Waals surface area (Å²) >= 11 is 0. The van der Waals surface area contributed by atoms with Crippen LogP contribution in [0.5, 0.6) is 0 Å². The molecule has 2 heterocycles. The summed E-state index contributed by atoms with van der Waals surface area (Å²) in [6.07, 6.45) is 0.712. The Balaban J connectivity index is 2.32. The van der Waals surface area contributed by atoms with Crippen LogP contribution in [0.1, 0.15) is 35.8 Å².